The lowest BCUT2D eigenvalue weighted by atomic mass is 10.1. The van der Waals surface area contributed by atoms with Gasteiger partial charge in [-0.25, -0.2) is 0 Å². The number of anilines is 1. The van der Waals surface area contributed by atoms with Crippen LogP contribution in [0.3, 0.4) is 0 Å². The monoisotopic (exact) mass is 335 g/mol. The van der Waals surface area contributed by atoms with Gasteiger partial charge in [-0.15, -0.1) is 0 Å². The molecule has 0 aliphatic heterocycles. The van der Waals surface area contributed by atoms with Gasteiger partial charge in [-0.3, -0.25) is 9.59 Å². The fourth-order valence-corrected chi connectivity index (χ4v) is 2.82. The van der Waals surface area contributed by atoms with E-state index in [-0.39, 0.29) is 11.5 Å². The molecule has 5 nitrogen and oxygen atoms in total. The first kappa shape index (κ1) is 16.8. The Labute approximate surface area is 146 Å². The maximum atomic E-state index is 12.4. The number of aromatic nitrogens is 1. The van der Waals surface area contributed by atoms with Crippen molar-refractivity contribution in [1.29, 1.82) is 0 Å². The van der Waals surface area contributed by atoms with Crippen molar-refractivity contribution in [3.05, 3.63) is 76.6 Å². The maximum Gasteiger partial charge on any atom is 0.252 e. The number of carbonyl (C=O) groups excluding carboxylic acids is 1. The first-order chi connectivity index (χ1) is 12.1. The van der Waals surface area contributed by atoms with E-state index in [2.05, 4.69) is 27.3 Å². The molecule has 5 heteroatoms. The van der Waals surface area contributed by atoms with Crippen molar-refractivity contribution in [1.82, 2.24) is 10.3 Å². The van der Waals surface area contributed by atoms with Gasteiger partial charge in [0.15, 0.2) is 0 Å². The largest absolute Gasteiger partial charge is 0.375 e. The van der Waals surface area contributed by atoms with Gasteiger partial charge in [0.25, 0.3) is 5.91 Å². The van der Waals surface area contributed by atoms with Gasteiger partial charge < -0.3 is 15.2 Å². The van der Waals surface area contributed by atoms with Crippen LogP contribution in [0.2, 0.25) is 0 Å². The molecule has 0 unspecified atom stereocenters. The van der Waals surface area contributed by atoms with Gasteiger partial charge in [-0.05, 0) is 24.6 Å². The highest BCUT2D eigenvalue weighted by molar-refractivity contribution is 6.05. The first-order valence-corrected chi connectivity index (χ1v) is 8.31. The van der Waals surface area contributed by atoms with Crippen molar-refractivity contribution < 1.29 is 4.79 Å². The predicted molar refractivity (Wildman–Crippen MR) is 101 cm³/mol. The number of benzene rings is 2. The molecule has 0 spiro atoms. The van der Waals surface area contributed by atoms with Crippen molar-refractivity contribution in [3.63, 3.8) is 0 Å². The molecule has 0 aliphatic rings. The second-order valence-electron chi connectivity index (χ2n) is 5.96. The lowest BCUT2D eigenvalue weighted by Crippen LogP contribution is -2.29. The number of carbonyl (C=O) groups is 1. The van der Waals surface area contributed by atoms with E-state index in [9.17, 15) is 9.59 Å². The Morgan fingerprint density at radius 3 is 2.60 bits per heavy atom. The van der Waals surface area contributed by atoms with E-state index in [4.69, 9.17) is 0 Å². The lowest BCUT2D eigenvalue weighted by Gasteiger charge is -2.19. The summed E-state index contributed by atoms with van der Waals surface area (Å²) in [4.78, 5) is 29.1. The van der Waals surface area contributed by atoms with Crippen molar-refractivity contribution in [2.75, 3.05) is 25.0 Å². The Balaban J connectivity index is 1.59. The predicted octanol–water partition coefficient (Wildman–Crippen LogP) is 2.78. The van der Waals surface area contributed by atoms with Crippen molar-refractivity contribution in [3.8, 4) is 0 Å². The van der Waals surface area contributed by atoms with Crippen LogP contribution in [0.15, 0.2) is 65.5 Å². The number of amides is 1. The summed E-state index contributed by atoms with van der Waals surface area (Å²) in [7, 11) is 2.03. The zero-order valence-electron chi connectivity index (χ0n) is 14.2. The second kappa shape index (κ2) is 7.66. The molecule has 0 saturated carbocycles. The van der Waals surface area contributed by atoms with Crippen LogP contribution in [0.25, 0.3) is 10.9 Å². The van der Waals surface area contributed by atoms with Gasteiger partial charge >= 0.3 is 0 Å². The van der Waals surface area contributed by atoms with Crippen LogP contribution < -0.4 is 15.8 Å². The number of hydrogen-bond acceptors (Lipinski definition) is 3. The summed E-state index contributed by atoms with van der Waals surface area (Å²) in [6, 6.07) is 18.8. The van der Waals surface area contributed by atoms with E-state index in [0.717, 1.165) is 24.0 Å². The second-order valence-corrected chi connectivity index (χ2v) is 5.96. The van der Waals surface area contributed by atoms with Gasteiger partial charge in [0, 0.05) is 42.8 Å². The van der Waals surface area contributed by atoms with E-state index in [1.807, 2.05) is 43.4 Å². The lowest BCUT2D eigenvalue weighted by molar-refractivity contribution is 0.0955. The zero-order valence-corrected chi connectivity index (χ0v) is 14.2. The van der Waals surface area contributed by atoms with Gasteiger partial charge in [0.05, 0.1) is 5.56 Å². The third kappa shape index (κ3) is 4.07. The number of aromatic amines is 1. The molecule has 0 radical (unpaired) electrons. The summed E-state index contributed by atoms with van der Waals surface area (Å²) in [5.41, 5.74) is 1.96. The minimum atomic E-state index is -0.271. The van der Waals surface area contributed by atoms with E-state index in [0.29, 0.717) is 17.6 Å². The number of hydrogen-bond donors (Lipinski definition) is 2. The molecular formula is C20H21N3O2. The van der Waals surface area contributed by atoms with Crippen LogP contribution in [-0.2, 0) is 0 Å². The highest BCUT2D eigenvalue weighted by Crippen LogP contribution is 2.14. The van der Waals surface area contributed by atoms with Gasteiger partial charge in [0.2, 0.25) is 5.56 Å². The van der Waals surface area contributed by atoms with Gasteiger partial charge in [-0.2, -0.15) is 0 Å². The van der Waals surface area contributed by atoms with E-state index in [1.165, 1.54) is 6.07 Å². The third-order valence-corrected chi connectivity index (χ3v) is 4.15. The summed E-state index contributed by atoms with van der Waals surface area (Å²) >= 11 is 0. The molecular weight excluding hydrogens is 314 g/mol. The van der Waals surface area contributed by atoms with Crippen molar-refractivity contribution >= 4 is 22.5 Å². The molecule has 25 heavy (non-hydrogen) atoms. The van der Waals surface area contributed by atoms with Gasteiger partial charge in [-0.1, -0.05) is 36.4 Å². The molecule has 1 heterocycles. The molecule has 128 valence electrons. The normalized spacial score (nSPS) is 10.6. The van der Waals surface area contributed by atoms with Crippen LogP contribution in [0.4, 0.5) is 5.69 Å². The third-order valence-electron chi connectivity index (χ3n) is 4.15. The Hall–Kier alpha value is -3.08. The number of H-pyrrole nitrogens is 1. The molecule has 3 aromatic rings. The molecule has 3 rings (SSSR count). The van der Waals surface area contributed by atoms with Crippen LogP contribution in [0.5, 0.6) is 0 Å². The molecule has 0 saturated heterocycles. The molecule has 2 N–H and O–H groups in total. The topological polar surface area (TPSA) is 65.2 Å². The minimum Gasteiger partial charge on any atom is -0.375 e. The Morgan fingerprint density at radius 1 is 1.08 bits per heavy atom. The summed E-state index contributed by atoms with van der Waals surface area (Å²) in [6.45, 7) is 1.39. The zero-order chi connectivity index (χ0) is 17.6. The number of nitrogens with zero attached hydrogens (tertiary/aromatic N) is 1. The van der Waals surface area contributed by atoms with E-state index in [1.54, 1.807) is 6.07 Å². The van der Waals surface area contributed by atoms with Crippen LogP contribution in [0.1, 0.15) is 16.8 Å². The molecule has 0 atom stereocenters. The fourth-order valence-electron chi connectivity index (χ4n) is 2.82. The summed E-state index contributed by atoms with van der Waals surface area (Å²) in [5, 5.41) is 3.66. The maximum absolute atomic E-state index is 12.4. The highest BCUT2D eigenvalue weighted by Gasteiger charge is 2.11. The quantitative estimate of drug-likeness (QED) is 0.681. The number of pyridine rings is 1. The Kier molecular flexibility index (Phi) is 5.14. The first-order valence-electron chi connectivity index (χ1n) is 8.31. The van der Waals surface area contributed by atoms with E-state index >= 15 is 0 Å². The number of rotatable bonds is 6. The number of fused-ring (bicyclic) bond motifs is 1. The minimum absolute atomic E-state index is 0.218. The smallest absolute Gasteiger partial charge is 0.252 e. The number of para-hydroxylation sites is 2. The Bertz CT molecular complexity index is 919. The van der Waals surface area contributed by atoms with E-state index < -0.39 is 0 Å². The summed E-state index contributed by atoms with van der Waals surface area (Å²) in [5.74, 6) is -0.218. The standard InChI is InChI=1S/C20H21N3O2/c1-23(15-8-3-2-4-9-15)13-7-12-21-20(25)17-14-19(24)22-18-11-6-5-10-16(17)18/h2-6,8-11,14H,7,12-13H2,1H3,(H,21,25)(H,22,24). The highest BCUT2D eigenvalue weighted by atomic mass is 16.2. The number of nitrogens with one attached hydrogen (secondary N) is 2. The summed E-state index contributed by atoms with van der Waals surface area (Å²) in [6.07, 6.45) is 0.818. The summed E-state index contributed by atoms with van der Waals surface area (Å²) < 4.78 is 0. The molecule has 1 amide bonds. The molecule has 0 bridgehead atoms. The van der Waals surface area contributed by atoms with Crippen LogP contribution >= 0.6 is 0 Å². The average molecular weight is 335 g/mol. The average Bonchev–Trinajstić information content (AvgIpc) is 2.64. The van der Waals surface area contributed by atoms with Gasteiger partial charge in [0.1, 0.15) is 0 Å². The van der Waals surface area contributed by atoms with Crippen LogP contribution in [0, 0.1) is 0 Å². The van der Waals surface area contributed by atoms with Crippen molar-refractivity contribution in [2.24, 2.45) is 0 Å². The molecule has 0 aliphatic carbocycles. The van der Waals surface area contributed by atoms with Crippen LogP contribution in [-0.4, -0.2) is 31.0 Å². The molecule has 1 aromatic heterocycles. The SMILES string of the molecule is CN(CCCNC(=O)c1cc(=O)[nH]c2ccccc12)c1ccccc1. The molecule has 2 aromatic carbocycles. The van der Waals surface area contributed by atoms with Crippen molar-refractivity contribution in [2.45, 2.75) is 6.42 Å². The fraction of sp³-hybridized carbons (Fsp3) is 0.200. The molecule has 0 fully saturated rings. The Morgan fingerprint density at radius 2 is 1.80 bits per heavy atom.